The van der Waals surface area contributed by atoms with E-state index in [9.17, 15) is 14.9 Å². The lowest BCUT2D eigenvalue weighted by atomic mass is 9.81. The predicted molar refractivity (Wildman–Crippen MR) is 124 cm³/mol. The van der Waals surface area contributed by atoms with Crippen LogP contribution in [-0.4, -0.2) is 17.4 Å². The van der Waals surface area contributed by atoms with Gasteiger partial charge in [-0.3, -0.25) is 9.59 Å². The van der Waals surface area contributed by atoms with Gasteiger partial charge in [-0.2, -0.15) is 5.26 Å². The van der Waals surface area contributed by atoms with E-state index >= 15 is 0 Å². The third-order valence-electron chi connectivity index (χ3n) is 4.64. The van der Waals surface area contributed by atoms with Crippen LogP contribution in [0.4, 0.5) is 5.69 Å². The van der Waals surface area contributed by atoms with Gasteiger partial charge in [0, 0.05) is 21.4 Å². The highest BCUT2D eigenvalue weighted by Gasteiger charge is 2.33. The summed E-state index contributed by atoms with van der Waals surface area (Å²) < 4.78 is 0.931. The summed E-state index contributed by atoms with van der Waals surface area (Å²) in [6, 6.07) is 19.1. The topological polar surface area (TPSA) is 82.0 Å². The van der Waals surface area contributed by atoms with E-state index in [1.54, 1.807) is 0 Å². The second-order valence-electron chi connectivity index (χ2n) is 6.76. The molecule has 1 aliphatic heterocycles. The number of amides is 1. The second-order valence-corrected chi connectivity index (χ2v) is 8.66. The van der Waals surface area contributed by atoms with Crippen LogP contribution in [0.15, 0.2) is 80.9 Å². The highest BCUT2D eigenvalue weighted by atomic mass is 79.9. The molecule has 0 bridgehead atoms. The molecule has 7 heteroatoms. The minimum Gasteiger partial charge on any atom is -0.353 e. The fraction of sp³-hybridized carbons (Fsp3) is 0.174. The van der Waals surface area contributed by atoms with Crippen molar-refractivity contribution < 1.29 is 9.59 Å². The number of allylic oxidation sites excluding steroid dienone is 3. The Kier molecular flexibility index (Phi) is 7.14. The molecule has 2 aromatic carbocycles. The molecule has 1 atom stereocenters. The maximum Gasteiger partial charge on any atom is 0.234 e. The Morgan fingerprint density at radius 3 is 2.43 bits per heavy atom. The molecule has 152 valence electrons. The molecule has 0 fully saturated rings. The molecular weight excluding hydrogens is 462 g/mol. The predicted octanol–water partition coefficient (Wildman–Crippen LogP) is 5.11. The van der Waals surface area contributed by atoms with E-state index in [1.165, 1.54) is 18.7 Å². The molecule has 0 spiro atoms. The normalized spacial score (nSPS) is 16.0. The van der Waals surface area contributed by atoms with Crippen LogP contribution in [0.3, 0.4) is 0 Å². The number of carbonyl (C=O) groups excluding carboxylic acids is 2. The van der Waals surface area contributed by atoms with Crippen molar-refractivity contribution >= 4 is 45.1 Å². The first kappa shape index (κ1) is 21.9. The van der Waals surface area contributed by atoms with Crippen LogP contribution in [0.5, 0.6) is 0 Å². The van der Waals surface area contributed by atoms with Crippen molar-refractivity contribution in [2.45, 2.75) is 19.8 Å². The van der Waals surface area contributed by atoms with Crippen LogP contribution < -0.4 is 10.6 Å². The summed E-state index contributed by atoms with van der Waals surface area (Å²) in [5, 5.41) is 16.5. The highest BCUT2D eigenvalue weighted by Crippen LogP contribution is 2.40. The summed E-state index contributed by atoms with van der Waals surface area (Å²) in [7, 11) is 0. The molecule has 0 unspecified atom stereocenters. The number of hydrogen-bond acceptors (Lipinski definition) is 5. The molecule has 1 aliphatic rings. The third-order valence-corrected chi connectivity index (χ3v) is 6.18. The lowest BCUT2D eigenvalue weighted by Crippen LogP contribution is -2.27. The number of nitriles is 1. The van der Waals surface area contributed by atoms with Gasteiger partial charge in [0.25, 0.3) is 0 Å². The zero-order valence-electron chi connectivity index (χ0n) is 16.5. The zero-order chi connectivity index (χ0) is 21.7. The summed E-state index contributed by atoms with van der Waals surface area (Å²) >= 11 is 4.62. The Morgan fingerprint density at radius 2 is 1.83 bits per heavy atom. The largest absolute Gasteiger partial charge is 0.353 e. The number of ketones is 1. The number of dihydropyridines is 1. The molecule has 0 saturated carbocycles. The number of anilines is 1. The Hall–Kier alpha value is -2.82. The molecule has 5 nitrogen and oxygen atoms in total. The number of rotatable bonds is 6. The van der Waals surface area contributed by atoms with E-state index in [1.807, 2.05) is 61.5 Å². The minimum absolute atomic E-state index is 0.0846. The fourth-order valence-corrected chi connectivity index (χ4v) is 4.50. The van der Waals surface area contributed by atoms with Gasteiger partial charge in [0.2, 0.25) is 5.91 Å². The van der Waals surface area contributed by atoms with Crippen molar-refractivity contribution in [3.05, 3.63) is 86.5 Å². The van der Waals surface area contributed by atoms with E-state index in [0.717, 1.165) is 10.0 Å². The van der Waals surface area contributed by atoms with Crippen molar-refractivity contribution in [1.82, 2.24) is 5.32 Å². The number of benzene rings is 2. The van der Waals surface area contributed by atoms with Crippen molar-refractivity contribution in [2.24, 2.45) is 0 Å². The molecule has 0 saturated heterocycles. The fourth-order valence-electron chi connectivity index (χ4n) is 3.34. The molecule has 0 radical (unpaired) electrons. The number of carbonyl (C=O) groups is 2. The molecule has 3 rings (SSSR count). The molecular formula is C23H20BrN3O2S. The monoisotopic (exact) mass is 481 g/mol. The molecule has 1 amide bonds. The summed E-state index contributed by atoms with van der Waals surface area (Å²) in [4.78, 5) is 24.7. The van der Waals surface area contributed by atoms with Crippen LogP contribution in [0.25, 0.3) is 0 Å². The van der Waals surface area contributed by atoms with E-state index in [4.69, 9.17) is 0 Å². The quantitative estimate of drug-likeness (QED) is 0.599. The summed E-state index contributed by atoms with van der Waals surface area (Å²) in [6.45, 7) is 3.33. The number of Topliss-reactive ketones (excluding diaryl/α,β-unsaturated/α-hetero) is 1. The number of thioether (sulfide) groups is 1. The number of halogens is 1. The number of hydrogen-bond donors (Lipinski definition) is 2. The van der Waals surface area contributed by atoms with Crippen LogP contribution >= 0.6 is 27.7 Å². The first-order valence-electron chi connectivity index (χ1n) is 9.27. The highest BCUT2D eigenvalue weighted by molar-refractivity contribution is 9.10. The molecule has 0 aliphatic carbocycles. The van der Waals surface area contributed by atoms with Crippen LogP contribution in [-0.2, 0) is 9.59 Å². The first-order valence-corrected chi connectivity index (χ1v) is 11.0. The second kappa shape index (κ2) is 9.79. The smallest absolute Gasteiger partial charge is 0.234 e. The molecule has 2 aromatic rings. The molecule has 30 heavy (non-hydrogen) atoms. The minimum atomic E-state index is -0.452. The lowest BCUT2D eigenvalue weighted by molar-refractivity contribution is -0.114. The molecule has 2 N–H and O–H groups in total. The third kappa shape index (κ3) is 5.02. The van der Waals surface area contributed by atoms with Gasteiger partial charge < -0.3 is 10.6 Å². The van der Waals surface area contributed by atoms with E-state index in [0.29, 0.717) is 27.6 Å². The Labute approximate surface area is 188 Å². The van der Waals surface area contributed by atoms with Crippen LogP contribution in [0.2, 0.25) is 0 Å². The standard InChI is InChI=1S/C23H20BrN3O2S/c1-14-21(15(2)28)22(16-6-4-3-5-7-16)19(12-25)23(26-14)30-13-20(29)27-18-10-8-17(24)9-11-18/h3-11,22,26H,13H2,1-2H3,(H,27,29)/t22-/m0/s1. The summed E-state index contributed by atoms with van der Waals surface area (Å²) in [5.41, 5.74) is 3.29. The van der Waals surface area contributed by atoms with Crippen molar-refractivity contribution in [3.63, 3.8) is 0 Å². The van der Waals surface area contributed by atoms with Gasteiger partial charge in [0.05, 0.1) is 28.3 Å². The van der Waals surface area contributed by atoms with E-state index in [2.05, 4.69) is 32.6 Å². The SMILES string of the molecule is CC(=O)C1=C(C)NC(SCC(=O)Nc2ccc(Br)cc2)=C(C#N)[C@@H]1c1ccccc1. The van der Waals surface area contributed by atoms with Gasteiger partial charge in [-0.05, 0) is 43.7 Å². The molecule has 0 aromatic heterocycles. The van der Waals surface area contributed by atoms with Crippen molar-refractivity contribution in [3.8, 4) is 6.07 Å². The Bertz CT molecular complexity index is 1070. The Morgan fingerprint density at radius 1 is 1.17 bits per heavy atom. The molecule has 1 heterocycles. The summed E-state index contributed by atoms with van der Waals surface area (Å²) in [5.74, 6) is -0.580. The van der Waals surface area contributed by atoms with Crippen molar-refractivity contribution in [1.29, 1.82) is 5.26 Å². The average Bonchev–Trinajstić information content (AvgIpc) is 2.73. The average molecular weight is 482 g/mol. The van der Waals surface area contributed by atoms with Crippen molar-refractivity contribution in [2.75, 3.05) is 11.1 Å². The van der Waals surface area contributed by atoms with Gasteiger partial charge >= 0.3 is 0 Å². The van der Waals surface area contributed by atoms with Crippen LogP contribution in [0.1, 0.15) is 25.3 Å². The van der Waals surface area contributed by atoms with Gasteiger partial charge in [0.1, 0.15) is 0 Å². The van der Waals surface area contributed by atoms with Gasteiger partial charge in [-0.25, -0.2) is 0 Å². The van der Waals surface area contributed by atoms with E-state index < -0.39 is 5.92 Å². The van der Waals surface area contributed by atoms with E-state index in [-0.39, 0.29) is 17.4 Å². The zero-order valence-corrected chi connectivity index (χ0v) is 18.9. The summed E-state index contributed by atoms with van der Waals surface area (Å²) in [6.07, 6.45) is 0. The maximum atomic E-state index is 12.4. The van der Waals surface area contributed by atoms with Gasteiger partial charge in [0.15, 0.2) is 5.78 Å². The van der Waals surface area contributed by atoms with Crippen LogP contribution in [0, 0.1) is 11.3 Å². The Balaban J connectivity index is 1.84. The first-order chi connectivity index (χ1) is 14.4. The lowest BCUT2D eigenvalue weighted by Gasteiger charge is -2.29. The van der Waals surface area contributed by atoms with Gasteiger partial charge in [-0.15, -0.1) is 0 Å². The van der Waals surface area contributed by atoms with Gasteiger partial charge in [-0.1, -0.05) is 58.0 Å². The number of nitrogens with one attached hydrogen (secondary N) is 2. The number of nitrogens with zero attached hydrogens (tertiary/aromatic N) is 1. The maximum absolute atomic E-state index is 12.4.